The largest absolute Gasteiger partial charge is 0.241 e. The lowest BCUT2D eigenvalue weighted by molar-refractivity contribution is 0.522. The van der Waals surface area contributed by atoms with Gasteiger partial charge in [-0.3, -0.25) is 0 Å². The predicted molar refractivity (Wildman–Crippen MR) is 90.9 cm³/mol. The topological polar surface area (TPSA) is 46.2 Å². The van der Waals surface area contributed by atoms with Crippen molar-refractivity contribution in [3.05, 3.63) is 28.2 Å². The number of rotatable bonds is 7. The van der Waals surface area contributed by atoms with Gasteiger partial charge in [0.2, 0.25) is 10.0 Å². The molecule has 0 fully saturated rings. The van der Waals surface area contributed by atoms with Crippen LogP contribution < -0.4 is 4.72 Å². The molecule has 0 aliphatic rings. The minimum atomic E-state index is -3.48. The lowest BCUT2D eigenvalue weighted by Crippen LogP contribution is -2.39. The summed E-state index contributed by atoms with van der Waals surface area (Å²) in [5, 5.41) is 0. The quantitative estimate of drug-likeness (QED) is 0.779. The number of hydrogen-bond acceptors (Lipinski definition) is 3. The zero-order valence-electron chi connectivity index (χ0n) is 12.4. The maximum Gasteiger partial charge on any atom is 0.241 e. The Morgan fingerprint density at radius 3 is 2.35 bits per heavy atom. The molecule has 1 rings (SSSR count). The van der Waals surface area contributed by atoms with Gasteiger partial charge >= 0.3 is 0 Å². The van der Waals surface area contributed by atoms with Crippen molar-refractivity contribution in [2.24, 2.45) is 0 Å². The summed E-state index contributed by atoms with van der Waals surface area (Å²) in [6, 6.07) is 5.26. The standard InChI is InChI=1S/C14H22BrNO2S2/c1-5-14(6-2,19-4)10-16-20(17,18)13-8-7-11(3)9-12(13)15/h7-9,16H,5-6,10H2,1-4H3. The molecule has 0 amide bonds. The van der Waals surface area contributed by atoms with E-state index >= 15 is 0 Å². The van der Waals surface area contributed by atoms with Crippen LogP contribution in [0.5, 0.6) is 0 Å². The maximum absolute atomic E-state index is 12.4. The fraction of sp³-hybridized carbons (Fsp3) is 0.571. The molecule has 0 aromatic heterocycles. The predicted octanol–water partition coefficient (Wildman–Crippen LogP) is 3.96. The highest BCUT2D eigenvalue weighted by atomic mass is 79.9. The van der Waals surface area contributed by atoms with Crippen LogP contribution in [0.15, 0.2) is 27.6 Å². The molecule has 3 nitrogen and oxygen atoms in total. The Bertz CT molecular complexity index is 546. The number of halogens is 1. The first-order valence-electron chi connectivity index (χ1n) is 6.61. The van der Waals surface area contributed by atoms with Crippen molar-refractivity contribution >= 4 is 37.7 Å². The molecule has 1 aromatic carbocycles. The van der Waals surface area contributed by atoms with Gasteiger partial charge in [0.15, 0.2) is 0 Å². The Labute approximate surface area is 135 Å². The molecule has 0 saturated heterocycles. The van der Waals surface area contributed by atoms with E-state index in [1.807, 2.05) is 19.2 Å². The highest BCUT2D eigenvalue weighted by molar-refractivity contribution is 9.10. The van der Waals surface area contributed by atoms with Crippen LogP contribution in [0.25, 0.3) is 0 Å². The summed E-state index contributed by atoms with van der Waals surface area (Å²) in [4.78, 5) is 0.297. The van der Waals surface area contributed by atoms with Crippen molar-refractivity contribution in [3.8, 4) is 0 Å². The third kappa shape index (κ3) is 4.23. The molecule has 0 unspecified atom stereocenters. The zero-order chi connectivity index (χ0) is 15.4. The molecule has 0 aliphatic carbocycles. The van der Waals surface area contributed by atoms with Crippen LogP contribution >= 0.6 is 27.7 Å². The van der Waals surface area contributed by atoms with Crippen molar-refractivity contribution in [1.82, 2.24) is 4.72 Å². The fourth-order valence-corrected chi connectivity index (χ4v) is 5.19. The van der Waals surface area contributed by atoms with Gasteiger partial charge in [-0.05, 0) is 59.6 Å². The van der Waals surface area contributed by atoms with E-state index in [0.717, 1.165) is 18.4 Å². The molecule has 0 atom stereocenters. The normalized spacial score (nSPS) is 12.7. The van der Waals surface area contributed by atoms with Gasteiger partial charge in [0.05, 0.1) is 4.90 Å². The Morgan fingerprint density at radius 2 is 1.90 bits per heavy atom. The van der Waals surface area contributed by atoms with E-state index in [-0.39, 0.29) is 4.75 Å². The molecular weight excluding hydrogens is 358 g/mol. The number of nitrogens with one attached hydrogen (secondary N) is 1. The van der Waals surface area contributed by atoms with Gasteiger partial charge in [-0.1, -0.05) is 19.9 Å². The monoisotopic (exact) mass is 379 g/mol. The zero-order valence-corrected chi connectivity index (χ0v) is 15.6. The van der Waals surface area contributed by atoms with Crippen LogP contribution in [-0.2, 0) is 10.0 Å². The molecule has 0 aliphatic heterocycles. The van der Waals surface area contributed by atoms with Gasteiger partial charge in [-0.2, -0.15) is 11.8 Å². The highest BCUT2D eigenvalue weighted by Gasteiger charge is 2.28. The summed E-state index contributed by atoms with van der Waals surface area (Å²) in [6.45, 7) is 6.57. The summed E-state index contributed by atoms with van der Waals surface area (Å²) in [6.07, 6.45) is 3.90. The second-order valence-electron chi connectivity index (χ2n) is 4.85. The minimum Gasteiger partial charge on any atom is -0.210 e. The summed E-state index contributed by atoms with van der Waals surface area (Å²) >= 11 is 5.05. The molecule has 0 heterocycles. The van der Waals surface area contributed by atoms with Gasteiger partial charge in [0, 0.05) is 15.8 Å². The van der Waals surface area contributed by atoms with Gasteiger partial charge < -0.3 is 0 Å². The van der Waals surface area contributed by atoms with E-state index in [1.165, 1.54) is 0 Å². The Kier molecular flexibility index (Phi) is 6.57. The molecule has 114 valence electrons. The molecule has 1 aromatic rings. The average Bonchev–Trinajstić information content (AvgIpc) is 2.40. The molecule has 1 N–H and O–H groups in total. The highest BCUT2D eigenvalue weighted by Crippen LogP contribution is 2.30. The summed E-state index contributed by atoms with van der Waals surface area (Å²) in [5.74, 6) is 0. The molecule has 6 heteroatoms. The smallest absolute Gasteiger partial charge is 0.210 e. The molecule has 0 saturated carbocycles. The lowest BCUT2D eigenvalue weighted by atomic mass is 10.0. The van der Waals surface area contributed by atoms with Crippen LogP contribution in [0.1, 0.15) is 32.3 Å². The van der Waals surface area contributed by atoms with Gasteiger partial charge in [0.1, 0.15) is 0 Å². The first kappa shape index (κ1) is 18.0. The lowest BCUT2D eigenvalue weighted by Gasteiger charge is -2.29. The minimum absolute atomic E-state index is 0.0375. The first-order valence-corrected chi connectivity index (χ1v) is 10.1. The number of thioether (sulfide) groups is 1. The van der Waals surface area contributed by atoms with Crippen LogP contribution in [0, 0.1) is 6.92 Å². The number of benzene rings is 1. The van der Waals surface area contributed by atoms with Gasteiger partial charge in [-0.25, -0.2) is 13.1 Å². The van der Waals surface area contributed by atoms with Crippen molar-refractivity contribution < 1.29 is 8.42 Å². The van der Waals surface area contributed by atoms with Crippen LogP contribution in [0.4, 0.5) is 0 Å². The maximum atomic E-state index is 12.4. The third-order valence-electron chi connectivity index (χ3n) is 3.68. The molecule has 20 heavy (non-hydrogen) atoms. The van der Waals surface area contributed by atoms with E-state index < -0.39 is 10.0 Å². The summed E-state index contributed by atoms with van der Waals surface area (Å²) < 4.78 is 28.1. The first-order chi connectivity index (χ1) is 9.30. The fourth-order valence-electron chi connectivity index (χ4n) is 1.99. The number of sulfonamides is 1. The second-order valence-corrected chi connectivity index (χ2v) is 8.72. The molecule has 0 radical (unpaired) electrons. The third-order valence-corrected chi connectivity index (χ3v) is 7.65. The SMILES string of the molecule is CCC(CC)(CNS(=O)(=O)c1ccc(C)cc1Br)SC. The molecular formula is C14H22BrNO2S2. The molecule has 0 spiro atoms. The summed E-state index contributed by atoms with van der Waals surface area (Å²) in [7, 11) is -3.48. The van der Waals surface area contributed by atoms with Crippen molar-refractivity contribution in [2.75, 3.05) is 12.8 Å². The summed E-state index contributed by atoms with van der Waals surface area (Å²) in [5.41, 5.74) is 1.02. The average molecular weight is 380 g/mol. The van der Waals surface area contributed by atoms with E-state index in [1.54, 1.807) is 23.9 Å². The Morgan fingerprint density at radius 1 is 1.30 bits per heavy atom. The van der Waals surface area contributed by atoms with E-state index in [2.05, 4.69) is 34.5 Å². The van der Waals surface area contributed by atoms with Crippen molar-refractivity contribution in [2.45, 2.75) is 43.3 Å². The van der Waals surface area contributed by atoms with Crippen LogP contribution in [0.3, 0.4) is 0 Å². The van der Waals surface area contributed by atoms with Gasteiger partial charge in [-0.15, -0.1) is 0 Å². The van der Waals surface area contributed by atoms with E-state index in [9.17, 15) is 8.42 Å². The van der Waals surface area contributed by atoms with Gasteiger partial charge in [0.25, 0.3) is 0 Å². The Hall–Kier alpha value is -0.0400. The van der Waals surface area contributed by atoms with E-state index in [4.69, 9.17) is 0 Å². The van der Waals surface area contributed by atoms with E-state index in [0.29, 0.717) is 15.9 Å². The van der Waals surface area contributed by atoms with Crippen LogP contribution in [-0.4, -0.2) is 26.0 Å². The number of hydrogen-bond donors (Lipinski definition) is 1. The van der Waals surface area contributed by atoms with Crippen LogP contribution in [0.2, 0.25) is 0 Å². The number of aryl methyl sites for hydroxylation is 1. The molecule has 0 bridgehead atoms. The van der Waals surface area contributed by atoms with Crippen molar-refractivity contribution in [1.29, 1.82) is 0 Å². The van der Waals surface area contributed by atoms with Crippen molar-refractivity contribution in [3.63, 3.8) is 0 Å². The Balaban J connectivity index is 2.96. The second kappa shape index (κ2) is 7.29.